The first-order chi connectivity index (χ1) is 7.02. The van der Waals surface area contributed by atoms with E-state index in [9.17, 15) is 13.6 Å². The van der Waals surface area contributed by atoms with Crippen molar-refractivity contribution in [2.24, 2.45) is 5.92 Å². The first-order valence-corrected chi connectivity index (χ1v) is 4.10. The molecule has 0 spiro atoms. The Bertz CT molecular complexity index is 406. The zero-order chi connectivity index (χ0) is 11.4. The molecular formula is C10H7F2NO2. The molecule has 0 unspecified atom stereocenters. The van der Waals surface area contributed by atoms with Crippen LogP contribution in [0.5, 0.6) is 0 Å². The summed E-state index contributed by atoms with van der Waals surface area (Å²) in [5.74, 6) is -4.16. The molecule has 0 heterocycles. The Morgan fingerprint density at radius 1 is 1.40 bits per heavy atom. The summed E-state index contributed by atoms with van der Waals surface area (Å²) >= 11 is 0. The van der Waals surface area contributed by atoms with Crippen LogP contribution >= 0.6 is 0 Å². The maximum Gasteiger partial charge on any atom is 0.321 e. The van der Waals surface area contributed by atoms with E-state index < -0.39 is 23.5 Å². The lowest BCUT2D eigenvalue weighted by Crippen LogP contribution is -2.14. The third kappa shape index (κ3) is 3.02. The van der Waals surface area contributed by atoms with Crippen LogP contribution in [0, 0.1) is 28.9 Å². The number of aliphatic carboxylic acids is 1. The number of benzene rings is 1. The van der Waals surface area contributed by atoms with E-state index >= 15 is 0 Å². The molecule has 0 saturated heterocycles. The van der Waals surface area contributed by atoms with Crippen LogP contribution in [0.4, 0.5) is 8.78 Å². The van der Waals surface area contributed by atoms with Gasteiger partial charge in [-0.2, -0.15) is 5.26 Å². The van der Waals surface area contributed by atoms with Gasteiger partial charge in [-0.05, 0) is 24.1 Å². The highest BCUT2D eigenvalue weighted by molar-refractivity contribution is 5.73. The highest BCUT2D eigenvalue weighted by Gasteiger charge is 2.17. The molecule has 0 radical (unpaired) electrons. The molecule has 0 aromatic heterocycles. The Balaban J connectivity index is 2.89. The molecule has 1 aromatic carbocycles. The van der Waals surface area contributed by atoms with Gasteiger partial charge in [0.1, 0.15) is 17.6 Å². The van der Waals surface area contributed by atoms with Crippen molar-refractivity contribution in [2.45, 2.75) is 6.42 Å². The van der Waals surface area contributed by atoms with E-state index in [1.807, 2.05) is 0 Å². The predicted molar refractivity (Wildman–Crippen MR) is 46.8 cm³/mol. The van der Waals surface area contributed by atoms with Gasteiger partial charge in [0.15, 0.2) is 0 Å². The highest BCUT2D eigenvalue weighted by Crippen LogP contribution is 2.12. The summed E-state index contributed by atoms with van der Waals surface area (Å²) in [4.78, 5) is 10.5. The number of nitriles is 1. The van der Waals surface area contributed by atoms with Gasteiger partial charge in [-0.25, -0.2) is 8.78 Å². The number of nitrogens with zero attached hydrogens (tertiary/aromatic N) is 1. The van der Waals surface area contributed by atoms with Gasteiger partial charge in [0.25, 0.3) is 0 Å². The van der Waals surface area contributed by atoms with Gasteiger partial charge in [-0.15, -0.1) is 0 Å². The Morgan fingerprint density at radius 2 is 1.93 bits per heavy atom. The van der Waals surface area contributed by atoms with E-state index in [1.54, 1.807) is 6.07 Å². The molecule has 0 fully saturated rings. The van der Waals surface area contributed by atoms with Crippen molar-refractivity contribution in [2.75, 3.05) is 0 Å². The molecule has 0 bridgehead atoms. The number of carboxylic acids is 1. The van der Waals surface area contributed by atoms with Gasteiger partial charge in [0.2, 0.25) is 0 Å². The maximum atomic E-state index is 12.7. The number of hydrogen-bond donors (Lipinski definition) is 1. The quantitative estimate of drug-likeness (QED) is 0.828. The summed E-state index contributed by atoms with van der Waals surface area (Å²) < 4.78 is 25.4. The lowest BCUT2D eigenvalue weighted by Gasteiger charge is -2.04. The Hall–Kier alpha value is -1.96. The molecule has 1 N–H and O–H groups in total. The van der Waals surface area contributed by atoms with Crippen molar-refractivity contribution < 1.29 is 18.7 Å². The number of hydrogen-bond acceptors (Lipinski definition) is 2. The number of carbonyl (C=O) groups is 1. The van der Waals surface area contributed by atoms with Crippen molar-refractivity contribution in [3.63, 3.8) is 0 Å². The van der Waals surface area contributed by atoms with Crippen LogP contribution < -0.4 is 0 Å². The fourth-order valence-corrected chi connectivity index (χ4v) is 1.15. The molecule has 0 aliphatic rings. The average Bonchev–Trinajstić information content (AvgIpc) is 2.12. The molecule has 0 aliphatic carbocycles. The van der Waals surface area contributed by atoms with Crippen LogP contribution in [0.3, 0.4) is 0 Å². The van der Waals surface area contributed by atoms with E-state index in [0.29, 0.717) is 6.07 Å². The largest absolute Gasteiger partial charge is 0.480 e. The third-order valence-corrected chi connectivity index (χ3v) is 1.82. The van der Waals surface area contributed by atoms with Crippen LogP contribution in [0.25, 0.3) is 0 Å². The van der Waals surface area contributed by atoms with Gasteiger partial charge >= 0.3 is 5.97 Å². The van der Waals surface area contributed by atoms with E-state index in [2.05, 4.69) is 0 Å². The third-order valence-electron chi connectivity index (χ3n) is 1.82. The Kier molecular flexibility index (Phi) is 3.34. The van der Waals surface area contributed by atoms with Crippen LogP contribution in [-0.2, 0) is 11.2 Å². The minimum atomic E-state index is -1.30. The fraction of sp³-hybridized carbons (Fsp3) is 0.200. The molecule has 0 amide bonds. The van der Waals surface area contributed by atoms with Crippen molar-refractivity contribution >= 4 is 5.97 Å². The van der Waals surface area contributed by atoms with Crippen molar-refractivity contribution in [1.29, 1.82) is 5.26 Å². The van der Waals surface area contributed by atoms with Gasteiger partial charge in [0.05, 0.1) is 6.07 Å². The van der Waals surface area contributed by atoms with Gasteiger partial charge in [0, 0.05) is 6.07 Å². The second-order valence-electron chi connectivity index (χ2n) is 3.00. The van der Waals surface area contributed by atoms with Crippen molar-refractivity contribution in [3.05, 3.63) is 35.4 Å². The number of halogens is 2. The van der Waals surface area contributed by atoms with Gasteiger partial charge < -0.3 is 5.11 Å². The molecule has 1 aromatic rings. The second-order valence-corrected chi connectivity index (χ2v) is 3.00. The van der Waals surface area contributed by atoms with Crippen LogP contribution in [-0.4, -0.2) is 11.1 Å². The molecule has 5 heteroatoms. The van der Waals surface area contributed by atoms with Crippen LogP contribution in [0.2, 0.25) is 0 Å². The molecule has 0 saturated carbocycles. The molecule has 78 valence electrons. The SMILES string of the molecule is N#C[C@H](Cc1cc(F)cc(F)c1)C(=O)O. The summed E-state index contributed by atoms with van der Waals surface area (Å²) in [7, 11) is 0. The average molecular weight is 211 g/mol. The van der Waals surface area contributed by atoms with Crippen LogP contribution in [0.1, 0.15) is 5.56 Å². The highest BCUT2D eigenvalue weighted by atomic mass is 19.1. The lowest BCUT2D eigenvalue weighted by atomic mass is 10.0. The smallest absolute Gasteiger partial charge is 0.321 e. The standard InChI is InChI=1S/C10H7F2NO2/c11-8-2-6(3-9(12)4-8)1-7(5-13)10(14)15/h2-4,7H,1H2,(H,14,15)/t7-/m0/s1. The summed E-state index contributed by atoms with van der Waals surface area (Å²) in [6.07, 6.45) is -0.208. The molecule has 15 heavy (non-hydrogen) atoms. The monoisotopic (exact) mass is 211 g/mol. The summed E-state index contributed by atoms with van der Waals surface area (Å²) in [6.45, 7) is 0. The predicted octanol–water partition coefficient (Wildman–Crippen LogP) is 1.73. The minimum Gasteiger partial charge on any atom is -0.480 e. The maximum absolute atomic E-state index is 12.7. The molecule has 3 nitrogen and oxygen atoms in total. The first-order valence-electron chi connectivity index (χ1n) is 4.10. The topological polar surface area (TPSA) is 61.1 Å². The van der Waals surface area contributed by atoms with E-state index in [0.717, 1.165) is 12.1 Å². The Labute approximate surface area is 84.6 Å². The zero-order valence-corrected chi connectivity index (χ0v) is 7.58. The molecular weight excluding hydrogens is 204 g/mol. The number of carboxylic acid groups (broad SMARTS) is 1. The molecule has 1 rings (SSSR count). The molecule has 0 aliphatic heterocycles. The summed E-state index contributed by atoms with van der Waals surface area (Å²) in [5.41, 5.74) is 0.154. The minimum absolute atomic E-state index is 0.154. The first kappa shape index (κ1) is 11.1. The lowest BCUT2D eigenvalue weighted by molar-refractivity contribution is -0.139. The van der Waals surface area contributed by atoms with Crippen molar-refractivity contribution in [3.8, 4) is 6.07 Å². The summed E-state index contributed by atoms with van der Waals surface area (Å²) in [6, 6.07) is 4.25. The van der Waals surface area contributed by atoms with Crippen LogP contribution in [0.15, 0.2) is 18.2 Å². The fourth-order valence-electron chi connectivity index (χ4n) is 1.15. The van der Waals surface area contributed by atoms with Crippen molar-refractivity contribution in [1.82, 2.24) is 0 Å². The van der Waals surface area contributed by atoms with Gasteiger partial charge in [-0.3, -0.25) is 4.79 Å². The molecule has 1 atom stereocenters. The van der Waals surface area contributed by atoms with Gasteiger partial charge in [-0.1, -0.05) is 0 Å². The van der Waals surface area contributed by atoms with E-state index in [1.165, 1.54) is 0 Å². The van der Waals surface area contributed by atoms with E-state index in [4.69, 9.17) is 10.4 Å². The summed E-state index contributed by atoms with van der Waals surface area (Å²) in [5, 5.41) is 17.0. The normalized spacial score (nSPS) is 11.8. The second kappa shape index (κ2) is 4.51. The zero-order valence-electron chi connectivity index (χ0n) is 7.58. The number of rotatable bonds is 3. The van der Waals surface area contributed by atoms with E-state index in [-0.39, 0.29) is 12.0 Å². The Morgan fingerprint density at radius 3 is 2.33 bits per heavy atom.